The lowest BCUT2D eigenvalue weighted by atomic mass is 10.2. The van der Waals surface area contributed by atoms with Gasteiger partial charge in [0.2, 0.25) is 0 Å². The van der Waals surface area contributed by atoms with Crippen molar-refractivity contribution in [3.05, 3.63) is 0 Å². The highest BCUT2D eigenvalue weighted by Gasteiger charge is 2.74. The summed E-state index contributed by atoms with van der Waals surface area (Å²) in [6.07, 6.45) is -17.4. The third-order valence-electron chi connectivity index (χ3n) is 1.44. The van der Waals surface area contributed by atoms with Crippen molar-refractivity contribution in [1.82, 2.24) is 0 Å². The molecule has 1 unspecified atom stereocenters. The molecular weight excluding hydrogens is 275 g/mol. The Morgan fingerprint density at radius 2 is 1.24 bits per heavy atom. The lowest BCUT2D eigenvalue weighted by Crippen LogP contribution is -2.58. The lowest BCUT2D eigenvalue weighted by molar-refractivity contribution is -0.460. The fourth-order valence-corrected chi connectivity index (χ4v) is 0.665. The molecule has 0 aliphatic carbocycles. The highest BCUT2D eigenvalue weighted by Crippen LogP contribution is 2.46. The minimum atomic E-state index is -6.27. The van der Waals surface area contributed by atoms with E-state index in [1.54, 1.807) is 0 Å². The van der Waals surface area contributed by atoms with E-state index in [1.165, 1.54) is 0 Å². The molecule has 0 aliphatic heterocycles. The number of hydrogen-bond donors (Lipinski definition) is 0. The number of ether oxygens (including phenoxy) is 2. The molecule has 0 saturated carbocycles. The van der Waals surface area contributed by atoms with Crippen molar-refractivity contribution in [2.45, 2.75) is 24.3 Å². The zero-order chi connectivity index (χ0) is 14.1. The van der Waals surface area contributed by atoms with Crippen molar-refractivity contribution in [3.63, 3.8) is 0 Å². The third-order valence-corrected chi connectivity index (χ3v) is 1.44. The zero-order valence-corrected chi connectivity index (χ0v) is 7.93. The van der Waals surface area contributed by atoms with Crippen molar-refractivity contribution in [1.29, 1.82) is 0 Å². The third kappa shape index (κ3) is 3.63. The van der Waals surface area contributed by atoms with Crippen LogP contribution < -0.4 is 0 Å². The summed E-state index contributed by atoms with van der Waals surface area (Å²) < 4.78 is 113. The Kier molecular flexibility index (Phi) is 4.33. The van der Waals surface area contributed by atoms with Gasteiger partial charge in [0.25, 0.3) is 0 Å². The number of alkyl halides is 9. The molecule has 0 aliphatic rings. The molecule has 0 aromatic rings. The molecule has 0 rings (SSSR count). The second-order valence-corrected chi connectivity index (χ2v) is 2.72. The van der Waals surface area contributed by atoms with Crippen LogP contribution in [-0.2, 0) is 9.47 Å². The molecule has 0 spiro atoms. The Balaban J connectivity index is 5.00. The average Bonchev–Trinajstić information content (AvgIpc) is 2.10. The summed E-state index contributed by atoms with van der Waals surface area (Å²) in [7, 11) is -0.0850. The van der Waals surface area contributed by atoms with E-state index in [1.807, 2.05) is 0 Å². The predicted molar refractivity (Wildman–Crippen MR) is 33.9 cm³/mol. The van der Waals surface area contributed by atoms with Gasteiger partial charge in [0.05, 0.1) is 0 Å². The summed E-state index contributed by atoms with van der Waals surface area (Å²) in [5, 5.41) is 0. The van der Waals surface area contributed by atoms with E-state index in [0.29, 0.717) is 0 Å². The Hall–Kier alpha value is -0.710. The number of rotatable bonds is 4. The molecule has 11 heteroatoms. The summed E-state index contributed by atoms with van der Waals surface area (Å²) in [5.74, 6) is -5.66. The van der Waals surface area contributed by atoms with Gasteiger partial charge < -0.3 is 9.47 Å². The van der Waals surface area contributed by atoms with Crippen molar-refractivity contribution < 1.29 is 49.0 Å². The smallest absolute Gasteiger partial charge is 0.335 e. The standard InChI is InChI=1S/C6H5F9O2/c1-16-4(10,5(11,12)13)6(14,15)17-2-3(7,8)9/h2H2,1H3. The number of halogens is 9. The maximum absolute atomic E-state index is 12.8. The second-order valence-electron chi connectivity index (χ2n) is 2.72. The van der Waals surface area contributed by atoms with E-state index in [4.69, 9.17) is 0 Å². The first-order valence-electron chi connectivity index (χ1n) is 3.66. The van der Waals surface area contributed by atoms with Crippen LogP contribution in [0.2, 0.25) is 0 Å². The van der Waals surface area contributed by atoms with Gasteiger partial charge >= 0.3 is 24.3 Å². The van der Waals surface area contributed by atoms with Crippen molar-refractivity contribution in [2.24, 2.45) is 0 Å². The predicted octanol–water partition coefficient (Wildman–Crippen LogP) is 3.03. The van der Waals surface area contributed by atoms with E-state index >= 15 is 0 Å². The van der Waals surface area contributed by atoms with Gasteiger partial charge in [0.15, 0.2) is 0 Å². The molecule has 0 aromatic heterocycles. The normalized spacial score (nSPS) is 18.0. The van der Waals surface area contributed by atoms with Crippen LogP contribution in [0, 0.1) is 0 Å². The Morgan fingerprint density at radius 3 is 1.47 bits per heavy atom. The van der Waals surface area contributed by atoms with E-state index in [9.17, 15) is 39.5 Å². The minimum absolute atomic E-state index is 0.0850. The number of methoxy groups -OCH3 is 1. The first-order valence-corrected chi connectivity index (χ1v) is 3.66. The summed E-state index contributed by atoms with van der Waals surface area (Å²) in [6, 6.07) is 0. The maximum Gasteiger partial charge on any atom is 0.457 e. The van der Waals surface area contributed by atoms with Gasteiger partial charge in [0.1, 0.15) is 6.61 Å². The molecule has 0 aromatic carbocycles. The monoisotopic (exact) mass is 280 g/mol. The Bertz CT molecular complexity index is 257. The molecule has 104 valence electrons. The van der Waals surface area contributed by atoms with Crippen LogP contribution in [0.3, 0.4) is 0 Å². The summed E-state index contributed by atoms with van der Waals surface area (Å²) >= 11 is 0. The SMILES string of the molecule is COC(F)(C(F)(F)F)C(F)(F)OCC(F)(F)F. The zero-order valence-electron chi connectivity index (χ0n) is 7.93. The van der Waals surface area contributed by atoms with Crippen LogP contribution in [0.15, 0.2) is 0 Å². The van der Waals surface area contributed by atoms with Gasteiger partial charge in [-0.1, -0.05) is 0 Å². The Morgan fingerprint density at radius 1 is 0.824 bits per heavy atom. The van der Waals surface area contributed by atoms with Crippen LogP contribution in [0.4, 0.5) is 39.5 Å². The van der Waals surface area contributed by atoms with Crippen LogP contribution in [0.1, 0.15) is 0 Å². The highest BCUT2D eigenvalue weighted by atomic mass is 19.4. The van der Waals surface area contributed by atoms with Gasteiger partial charge in [0, 0.05) is 7.11 Å². The molecule has 0 bridgehead atoms. The van der Waals surface area contributed by atoms with Gasteiger partial charge in [-0.2, -0.15) is 39.5 Å². The fraction of sp³-hybridized carbons (Fsp3) is 1.00. The van der Waals surface area contributed by atoms with Crippen LogP contribution in [-0.4, -0.2) is 38.0 Å². The van der Waals surface area contributed by atoms with Gasteiger partial charge in [-0.05, 0) is 0 Å². The molecule has 0 N–H and O–H groups in total. The second kappa shape index (κ2) is 4.52. The molecule has 0 radical (unpaired) electrons. The molecule has 17 heavy (non-hydrogen) atoms. The molecule has 0 heterocycles. The molecule has 0 amide bonds. The van der Waals surface area contributed by atoms with E-state index < -0.39 is 30.9 Å². The topological polar surface area (TPSA) is 18.5 Å². The lowest BCUT2D eigenvalue weighted by Gasteiger charge is -2.32. The number of hydrogen-bond acceptors (Lipinski definition) is 2. The summed E-state index contributed by atoms with van der Waals surface area (Å²) in [4.78, 5) is 0. The van der Waals surface area contributed by atoms with Crippen molar-refractivity contribution >= 4 is 0 Å². The first kappa shape index (κ1) is 16.3. The van der Waals surface area contributed by atoms with Crippen LogP contribution >= 0.6 is 0 Å². The molecule has 0 saturated heterocycles. The fourth-order valence-electron chi connectivity index (χ4n) is 0.665. The quantitative estimate of drug-likeness (QED) is 0.737. The van der Waals surface area contributed by atoms with Crippen LogP contribution in [0.5, 0.6) is 0 Å². The van der Waals surface area contributed by atoms with Gasteiger partial charge in [-0.3, -0.25) is 0 Å². The average molecular weight is 280 g/mol. The van der Waals surface area contributed by atoms with E-state index in [-0.39, 0.29) is 7.11 Å². The van der Waals surface area contributed by atoms with Gasteiger partial charge in [-0.15, -0.1) is 0 Å². The summed E-state index contributed by atoms with van der Waals surface area (Å²) in [5.41, 5.74) is 0. The maximum atomic E-state index is 12.8. The van der Waals surface area contributed by atoms with Crippen LogP contribution in [0.25, 0.3) is 0 Å². The van der Waals surface area contributed by atoms with Crippen molar-refractivity contribution in [2.75, 3.05) is 13.7 Å². The molecule has 0 fully saturated rings. The first-order chi connectivity index (χ1) is 7.27. The van der Waals surface area contributed by atoms with E-state index in [0.717, 1.165) is 0 Å². The highest BCUT2D eigenvalue weighted by molar-refractivity contribution is 4.86. The molecular formula is C6H5F9O2. The molecule has 1 atom stereocenters. The van der Waals surface area contributed by atoms with Crippen molar-refractivity contribution in [3.8, 4) is 0 Å². The molecule has 2 nitrogen and oxygen atoms in total. The summed E-state index contributed by atoms with van der Waals surface area (Å²) in [6.45, 7) is -2.76. The van der Waals surface area contributed by atoms with Gasteiger partial charge in [-0.25, -0.2) is 0 Å². The van der Waals surface area contributed by atoms with E-state index in [2.05, 4.69) is 9.47 Å². The Labute approximate surface area is 88.3 Å². The largest absolute Gasteiger partial charge is 0.457 e. The minimum Gasteiger partial charge on any atom is -0.335 e.